The van der Waals surface area contributed by atoms with E-state index in [9.17, 15) is 0 Å². The van der Waals surface area contributed by atoms with Gasteiger partial charge in [0.2, 0.25) is 0 Å². The monoisotopic (exact) mass is 278 g/mol. The number of nitrogens with zero attached hydrogens (tertiary/aromatic N) is 3. The highest BCUT2D eigenvalue weighted by atomic mass is 16.5. The second-order valence-electron chi connectivity index (χ2n) is 5.73. The number of methoxy groups -OCH3 is 1. The lowest BCUT2D eigenvalue weighted by atomic mass is 9.95. The van der Waals surface area contributed by atoms with E-state index in [0.717, 1.165) is 48.9 Å². The highest BCUT2D eigenvalue weighted by Crippen LogP contribution is 2.28. The minimum Gasteiger partial charge on any atom is -0.377 e. The van der Waals surface area contributed by atoms with E-state index in [2.05, 4.69) is 41.0 Å². The predicted molar refractivity (Wildman–Crippen MR) is 82.1 cm³/mol. The van der Waals surface area contributed by atoms with E-state index < -0.39 is 0 Å². The molecule has 1 atom stereocenters. The van der Waals surface area contributed by atoms with Gasteiger partial charge in [-0.05, 0) is 25.2 Å². The van der Waals surface area contributed by atoms with Gasteiger partial charge in [-0.2, -0.15) is 0 Å². The van der Waals surface area contributed by atoms with Crippen LogP contribution in [0, 0.1) is 11.8 Å². The molecule has 1 aliphatic rings. The van der Waals surface area contributed by atoms with Crippen molar-refractivity contribution in [3.8, 4) is 0 Å². The third-order valence-electron chi connectivity index (χ3n) is 3.88. The molecule has 112 valence electrons. The van der Waals surface area contributed by atoms with Crippen molar-refractivity contribution >= 4 is 11.6 Å². The Bertz CT molecular complexity index is 412. The highest BCUT2D eigenvalue weighted by molar-refractivity contribution is 5.50. The number of anilines is 2. The third kappa shape index (κ3) is 3.60. The van der Waals surface area contributed by atoms with E-state index in [1.54, 1.807) is 7.11 Å². The summed E-state index contributed by atoms with van der Waals surface area (Å²) < 4.78 is 5.17. The van der Waals surface area contributed by atoms with Gasteiger partial charge in [-0.15, -0.1) is 0 Å². The molecule has 0 saturated carbocycles. The van der Waals surface area contributed by atoms with Crippen molar-refractivity contribution in [3.05, 3.63) is 11.9 Å². The molecule has 1 aliphatic heterocycles. The normalized spacial score (nSPS) is 18.9. The maximum atomic E-state index is 5.17. The first kappa shape index (κ1) is 15.0. The Hall–Kier alpha value is -1.36. The number of hydrogen-bond donors (Lipinski definition) is 1. The van der Waals surface area contributed by atoms with Gasteiger partial charge in [0, 0.05) is 32.8 Å². The van der Waals surface area contributed by atoms with Crippen molar-refractivity contribution in [3.63, 3.8) is 0 Å². The fraction of sp³-hybridized carbons (Fsp3) is 0.733. The molecule has 20 heavy (non-hydrogen) atoms. The second-order valence-corrected chi connectivity index (χ2v) is 5.73. The van der Waals surface area contributed by atoms with Crippen LogP contribution < -0.4 is 10.2 Å². The molecular weight excluding hydrogens is 252 g/mol. The van der Waals surface area contributed by atoms with Crippen molar-refractivity contribution in [2.75, 3.05) is 37.0 Å². The molecular formula is C15H26N4O. The van der Waals surface area contributed by atoms with Crippen LogP contribution in [0.2, 0.25) is 0 Å². The quantitative estimate of drug-likeness (QED) is 0.866. The zero-order chi connectivity index (χ0) is 14.5. The lowest BCUT2D eigenvalue weighted by Crippen LogP contribution is -2.23. The molecule has 1 aromatic rings. The Labute approximate surface area is 121 Å². The molecule has 0 aliphatic carbocycles. The molecule has 5 heteroatoms. The summed E-state index contributed by atoms with van der Waals surface area (Å²) >= 11 is 0. The van der Waals surface area contributed by atoms with E-state index in [1.807, 2.05) is 6.07 Å². The summed E-state index contributed by atoms with van der Waals surface area (Å²) in [6.45, 7) is 10.2. The minimum absolute atomic E-state index is 0.452. The maximum Gasteiger partial charge on any atom is 0.158 e. The van der Waals surface area contributed by atoms with Crippen LogP contribution >= 0.6 is 0 Å². The Morgan fingerprint density at radius 2 is 2.25 bits per heavy atom. The van der Waals surface area contributed by atoms with Gasteiger partial charge in [-0.3, -0.25) is 0 Å². The van der Waals surface area contributed by atoms with E-state index in [0.29, 0.717) is 6.61 Å². The van der Waals surface area contributed by atoms with Crippen LogP contribution in [0.15, 0.2) is 6.07 Å². The van der Waals surface area contributed by atoms with Crippen LogP contribution in [0.25, 0.3) is 0 Å². The molecule has 1 N–H and O–H groups in total. The number of nitrogens with one attached hydrogen (secondary N) is 1. The van der Waals surface area contributed by atoms with Crippen LogP contribution in [0.3, 0.4) is 0 Å². The van der Waals surface area contributed by atoms with Crippen molar-refractivity contribution in [2.24, 2.45) is 11.8 Å². The number of aromatic nitrogens is 2. The summed E-state index contributed by atoms with van der Waals surface area (Å²) in [6, 6.07) is 2.05. The lowest BCUT2D eigenvalue weighted by molar-refractivity contribution is 0.178. The largest absolute Gasteiger partial charge is 0.377 e. The number of hydrogen-bond acceptors (Lipinski definition) is 5. The van der Waals surface area contributed by atoms with Crippen molar-refractivity contribution in [1.29, 1.82) is 0 Å². The van der Waals surface area contributed by atoms with Crippen LogP contribution in [0.4, 0.5) is 11.6 Å². The summed E-state index contributed by atoms with van der Waals surface area (Å²) in [7, 11) is 1.67. The topological polar surface area (TPSA) is 50.3 Å². The van der Waals surface area contributed by atoms with Crippen LogP contribution in [0.5, 0.6) is 0 Å². The molecule has 0 bridgehead atoms. The summed E-state index contributed by atoms with van der Waals surface area (Å²) in [5.41, 5.74) is 0. The molecule has 0 radical (unpaired) electrons. The summed E-state index contributed by atoms with van der Waals surface area (Å²) in [4.78, 5) is 11.5. The van der Waals surface area contributed by atoms with Crippen LogP contribution in [0.1, 0.15) is 33.0 Å². The second kappa shape index (κ2) is 6.88. The van der Waals surface area contributed by atoms with Gasteiger partial charge in [-0.1, -0.05) is 13.8 Å². The van der Waals surface area contributed by atoms with E-state index in [-0.39, 0.29) is 0 Å². The van der Waals surface area contributed by atoms with Crippen LogP contribution in [-0.4, -0.2) is 36.7 Å². The van der Waals surface area contributed by atoms with Crippen molar-refractivity contribution < 1.29 is 4.74 Å². The number of ether oxygens (including phenoxy) is 1. The predicted octanol–water partition coefficient (Wildman–Crippen LogP) is 2.54. The minimum atomic E-state index is 0.452. The van der Waals surface area contributed by atoms with Gasteiger partial charge in [0.1, 0.15) is 18.2 Å². The SMILES string of the molecule is CCNc1cc(N2CCC(C(C)C)C2)nc(COC)n1. The fourth-order valence-corrected chi connectivity index (χ4v) is 2.65. The molecule has 1 unspecified atom stereocenters. The highest BCUT2D eigenvalue weighted by Gasteiger charge is 2.26. The lowest BCUT2D eigenvalue weighted by Gasteiger charge is -2.20. The summed E-state index contributed by atoms with van der Waals surface area (Å²) in [5, 5.41) is 3.27. The summed E-state index contributed by atoms with van der Waals surface area (Å²) in [5.74, 6) is 4.14. The Balaban J connectivity index is 2.17. The zero-order valence-corrected chi connectivity index (χ0v) is 13.0. The maximum absolute atomic E-state index is 5.17. The average molecular weight is 278 g/mol. The van der Waals surface area contributed by atoms with E-state index in [1.165, 1.54) is 6.42 Å². The molecule has 2 rings (SSSR count). The van der Waals surface area contributed by atoms with E-state index >= 15 is 0 Å². The molecule has 0 spiro atoms. The first-order valence-electron chi connectivity index (χ1n) is 7.49. The Kier molecular flexibility index (Phi) is 5.17. The molecule has 0 aromatic carbocycles. The fourth-order valence-electron chi connectivity index (χ4n) is 2.65. The van der Waals surface area contributed by atoms with Gasteiger partial charge < -0.3 is 15.0 Å². The average Bonchev–Trinajstić information content (AvgIpc) is 2.89. The van der Waals surface area contributed by atoms with Gasteiger partial charge in [0.25, 0.3) is 0 Å². The number of rotatable bonds is 6. The van der Waals surface area contributed by atoms with Crippen molar-refractivity contribution in [2.45, 2.75) is 33.8 Å². The smallest absolute Gasteiger partial charge is 0.158 e. The van der Waals surface area contributed by atoms with Gasteiger partial charge >= 0.3 is 0 Å². The van der Waals surface area contributed by atoms with Gasteiger partial charge in [0.15, 0.2) is 5.82 Å². The van der Waals surface area contributed by atoms with Crippen LogP contribution in [-0.2, 0) is 11.3 Å². The first-order chi connectivity index (χ1) is 9.63. The first-order valence-corrected chi connectivity index (χ1v) is 7.49. The molecule has 1 aromatic heterocycles. The summed E-state index contributed by atoms with van der Waals surface area (Å²) in [6.07, 6.45) is 1.25. The molecule has 5 nitrogen and oxygen atoms in total. The molecule has 0 amide bonds. The molecule has 1 fully saturated rings. The van der Waals surface area contributed by atoms with Gasteiger partial charge in [-0.25, -0.2) is 9.97 Å². The zero-order valence-electron chi connectivity index (χ0n) is 13.0. The molecule has 2 heterocycles. The third-order valence-corrected chi connectivity index (χ3v) is 3.88. The van der Waals surface area contributed by atoms with Gasteiger partial charge in [0.05, 0.1) is 0 Å². The Morgan fingerprint density at radius 3 is 2.85 bits per heavy atom. The Morgan fingerprint density at radius 1 is 1.45 bits per heavy atom. The standard InChI is InChI=1S/C15H26N4O/c1-5-16-13-8-15(18-14(17-13)10-20-4)19-7-6-12(9-19)11(2)3/h8,11-12H,5-7,9-10H2,1-4H3,(H,16,17,18). The van der Waals surface area contributed by atoms with E-state index in [4.69, 9.17) is 4.74 Å². The van der Waals surface area contributed by atoms with Crippen molar-refractivity contribution in [1.82, 2.24) is 9.97 Å². The molecule has 1 saturated heterocycles.